The van der Waals surface area contributed by atoms with Gasteiger partial charge in [0.2, 0.25) is 5.16 Å². The third-order valence-corrected chi connectivity index (χ3v) is 4.16. The van der Waals surface area contributed by atoms with E-state index in [0.29, 0.717) is 0 Å². The molecule has 0 aliphatic heterocycles. The number of thioether (sulfide) groups is 1. The van der Waals surface area contributed by atoms with Gasteiger partial charge < -0.3 is 9.47 Å². The number of quaternary nitrogens is 1. The monoisotopic (exact) mass is 288 g/mol. The Bertz CT molecular complexity index is 750. The van der Waals surface area contributed by atoms with Crippen LogP contribution >= 0.6 is 11.8 Å². The van der Waals surface area contributed by atoms with Crippen molar-refractivity contribution in [3.63, 3.8) is 0 Å². The van der Waals surface area contributed by atoms with E-state index in [1.807, 2.05) is 23.7 Å². The fourth-order valence-corrected chi connectivity index (χ4v) is 3.15. The summed E-state index contributed by atoms with van der Waals surface area (Å²) in [7, 11) is 6.30. The van der Waals surface area contributed by atoms with Gasteiger partial charge in [-0.3, -0.25) is 0 Å². The Labute approximate surface area is 122 Å². The zero-order valence-electron chi connectivity index (χ0n) is 11.9. The van der Waals surface area contributed by atoms with Gasteiger partial charge in [0.05, 0.1) is 31.9 Å². The molecule has 0 saturated carbocycles. The average molecular weight is 288 g/mol. The molecular formula is C14H18N5S+. The lowest BCUT2D eigenvalue weighted by Crippen LogP contribution is -3.06. The van der Waals surface area contributed by atoms with Crippen molar-refractivity contribution in [1.29, 1.82) is 0 Å². The number of nitrogens with one attached hydrogen (secondary N) is 1. The molecule has 6 heteroatoms. The topological polar surface area (TPSA) is 48.0 Å². The summed E-state index contributed by atoms with van der Waals surface area (Å²) in [6, 6.07) is 8.24. The predicted octanol–water partition coefficient (Wildman–Crippen LogP) is 0.753. The summed E-state index contributed by atoms with van der Waals surface area (Å²) in [5, 5.41) is 10.5. The summed E-state index contributed by atoms with van der Waals surface area (Å²) in [6.07, 6.45) is 0. The second kappa shape index (κ2) is 5.38. The summed E-state index contributed by atoms with van der Waals surface area (Å²) in [5.41, 5.74) is 2.93. The van der Waals surface area contributed by atoms with Gasteiger partial charge in [-0.2, -0.15) is 0 Å². The Kier molecular flexibility index (Phi) is 3.58. The maximum Gasteiger partial charge on any atom is 0.210 e. The Morgan fingerprint density at radius 3 is 2.80 bits per heavy atom. The number of benzene rings is 1. The molecule has 2 heterocycles. The van der Waals surface area contributed by atoms with Crippen LogP contribution in [0.1, 0.15) is 0 Å². The number of para-hydroxylation sites is 1. The molecule has 104 valence electrons. The molecule has 20 heavy (non-hydrogen) atoms. The molecule has 0 spiro atoms. The second-order valence-corrected chi connectivity index (χ2v) is 6.21. The molecule has 0 aliphatic rings. The summed E-state index contributed by atoms with van der Waals surface area (Å²) in [5.74, 6) is 1.00. The maximum absolute atomic E-state index is 4.68. The molecule has 0 saturated heterocycles. The Morgan fingerprint density at radius 1 is 1.20 bits per heavy atom. The molecule has 1 aromatic carbocycles. The van der Waals surface area contributed by atoms with Crippen molar-refractivity contribution in [3.05, 3.63) is 24.3 Å². The van der Waals surface area contributed by atoms with E-state index in [2.05, 4.69) is 41.4 Å². The van der Waals surface area contributed by atoms with Crippen molar-refractivity contribution in [2.24, 2.45) is 7.05 Å². The third kappa shape index (κ3) is 2.36. The first kappa shape index (κ1) is 13.3. The van der Waals surface area contributed by atoms with Gasteiger partial charge in [-0.15, -0.1) is 10.2 Å². The van der Waals surface area contributed by atoms with E-state index in [1.54, 1.807) is 11.8 Å². The largest absolute Gasteiger partial charge is 0.339 e. The van der Waals surface area contributed by atoms with Crippen LogP contribution in [-0.4, -0.2) is 46.1 Å². The van der Waals surface area contributed by atoms with E-state index in [4.69, 9.17) is 0 Å². The molecular weight excluding hydrogens is 270 g/mol. The highest BCUT2D eigenvalue weighted by atomic mass is 32.2. The first-order valence-corrected chi connectivity index (χ1v) is 7.65. The standard InChI is InChI=1S/C14H17N5S/c1-18(2)8-9-20-14-15-12-10-6-4-5-7-11(10)19(3)13(12)16-17-14/h4-7H,8-9H2,1-3H3/p+1. The van der Waals surface area contributed by atoms with Crippen molar-refractivity contribution < 1.29 is 4.90 Å². The zero-order chi connectivity index (χ0) is 14.1. The lowest BCUT2D eigenvalue weighted by atomic mass is 10.2. The molecule has 0 atom stereocenters. The van der Waals surface area contributed by atoms with Crippen LogP contribution in [0.2, 0.25) is 0 Å². The fraction of sp³-hybridized carbons (Fsp3) is 0.357. The van der Waals surface area contributed by atoms with Crippen molar-refractivity contribution in [1.82, 2.24) is 19.7 Å². The van der Waals surface area contributed by atoms with Crippen LogP contribution in [0.25, 0.3) is 22.1 Å². The molecule has 5 nitrogen and oxygen atoms in total. The van der Waals surface area contributed by atoms with Crippen LogP contribution in [0.15, 0.2) is 29.4 Å². The van der Waals surface area contributed by atoms with Gasteiger partial charge in [0.25, 0.3) is 0 Å². The smallest absolute Gasteiger partial charge is 0.210 e. The Morgan fingerprint density at radius 2 is 2.00 bits per heavy atom. The van der Waals surface area contributed by atoms with Gasteiger partial charge in [0, 0.05) is 12.4 Å². The minimum Gasteiger partial charge on any atom is -0.339 e. The third-order valence-electron chi connectivity index (χ3n) is 3.32. The minimum absolute atomic E-state index is 0.759. The number of nitrogens with zero attached hydrogens (tertiary/aromatic N) is 4. The number of hydrogen-bond donors (Lipinski definition) is 1. The van der Waals surface area contributed by atoms with E-state index >= 15 is 0 Å². The lowest BCUT2D eigenvalue weighted by molar-refractivity contribution is -0.855. The van der Waals surface area contributed by atoms with Gasteiger partial charge in [-0.1, -0.05) is 30.0 Å². The van der Waals surface area contributed by atoms with E-state index in [9.17, 15) is 0 Å². The molecule has 2 aromatic heterocycles. The normalized spacial score (nSPS) is 11.8. The number of rotatable bonds is 4. The highest BCUT2D eigenvalue weighted by Crippen LogP contribution is 2.25. The SMILES string of the molecule is Cn1c2ccccc2c2nc(SCC[NH+](C)C)nnc21. The first-order chi connectivity index (χ1) is 9.66. The highest BCUT2D eigenvalue weighted by Gasteiger charge is 2.12. The summed E-state index contributed by atoms with van der Waals surface area (Å²) >= 11 is 1.67. The van der Waals surface area contributed by atoms with Crippen molar-refractivity contribution >= 4 is 33.8 Å². The van der Waals surface area contributed by atoms with Gasteiger partial charge in [-0.05, 0) is 6.07 Å². The van der Waals surface area contributed by atoms with Crippen LogP contribution in [-0.2, 0) is 7.05 Å². The van der Waals surface area contributed by atoms with Crippen molar-refractivity contribution in [2.75, 3.05) is 26.4 Å². The van der Waals surface area contributed by atoms with Gasteiger partial charge in [-0.25, -0.2) is 4.98 Å². The second-order valence-electron chi connectivity index (χ2n) is 5.15. The highest BCUT2D eigenvalue weighted by molar-refractivity contribution is 7.99. The molecule has 0 radical (unpaired) electrons. The van der Waals surface area contributed by atoms with Crippen LogP contribution in [0.4, 0.5) is 0 Å². The van der Waals surface area contributed by atoms with Crippen LogP contribution < -0.4 is 4.90 Å². The summed E-state index contributed by atoms with van der Waals surface area (Å²) < 4.78 is 2.04. The van der Waals surface area contributed by atoms with E-state index < -0.39 is 0 Å². The maximum atomic E-state index is 4.68. The van der Waals surface area contributed by atoms with E-state index in [1.165, 1.54) is 4.90 Å². The summed E-state index contributed by atoms with van der Waals surface area (Å²) in [6.45, 7) is 1.08. The van der Waals surface area contributed by atoms with Crippen LogP contribution in [0.3, 0.4) is 0 Å². The zero-order valence-corrected chi connectivity index (χ0v) is 12.7. The minimum atomic E-state index is 0.759. The number of hydrogen-bond acceptors (Lipinski definition) is 4. The molecule has 3 aromatic rings. The molecule has 3 rings (SSSR count). The lowest BCUT2D eigenvalue weighted by Gasteiger charge is -2.05. The quantitative estimate of drug-likeness (QED) is 0.720. The molecule has 1 N–H and O–H groups in total. The van der Waals surface area contributed by atoms with Gasteiger partial charge in [0.15, 0.2) is 5.65 Å². The summed E-state index contributed by atoms with van der Waals surface area (Å²) in [4.78, 5) is 6.11. The van der Waals surface area contributed by atoms with E-state index in [-0.39, 0.29) is 0 Å². The van der Waals surface area contributed by atoms with E-state index in [0.717, 1.165) is 39.5 Å². The van der Waals surface area contributed by atoms with Gasteiger partial charge >= 0.3 is 0 Å². The van der Waals surface area contributed by atoms with Crippen molar-refractivity contribution in [3.8, 4) is 0 Å². The van der Waals surface area contributed by atoms with Crippen LogP contribution in [0, 0.1) is 0 Å². The number of fused-ring (bicyclic) bond motifs is 3. The fourth-order valence-electron chi connectivity index (χ4n) is 2.20. The molecule has 0 fully saturated rings. The van der Waals surface area contributed by atoms with Crippen LogP contribution in [0.5, 0.6) is 0 Å². The van der Waals surface area contributed by atoms with Gasteiger partial charge in [0.1, 0.15) is 5.52 Å². The Hall–Kier alpha value is -1.66. The molecule has 0 bridgehead atoms. The first-order valence-electron chi connectivity index (χ1n) is 6.66. The number of aromatic nitrogens is 4. The molecule has 0 aliphatic carbocycles. The van der Waals surface area contributed by atoms with Crippen molar-refractivity contribution in [2.45, 2.75) is 5.16 Å². The Balaban J connectivity index is 2.00. The average Bonchev–Trinajstić information content (AvgIpc) is 2.73. The predicted molar refractivity (Wildman–Crippen MR) is 82.2 cm³/mol. The molecule has 0 unspecified atom stereocenters. The molecule has 0 amide bonds. The number of aryl methyl sites for hydroxylation is 1.